The van der Waals surface area contributed by atoms with E-state index in [1.54, 1.807) is 6.07 Å². The van der Waals surface area contributed by atoms with Crippen LogP contribution in [0.2, 0.25) is 0 Å². The highest BCUT2D eigenvalue weighted by atomic mass is 19.2. The van der Waals surface area contributed by atoms with Gasteiger partial charge in [0.25, 0.3) is 0 Å². The second kappa shape index (κ2) is 10.8. The average Bonchev–Trinajstić information content (AvgIpc) is 2.75. The van der Waals surface area contributed by atoms with Crippen molar-refractivity contribution in [1.82, 2.24) is 0 Å². The van der Waals surface area contributed by atoms with Crippen LogP contribution in [-0.2, 0) is 9.47 Å². The monoisotopic (exact) mass is 422 g/mol. The summed E-state index contributed by atoms with van der Waals surface area (Å²) in [4.78, 5) is 0. The molecule has 1 aliphatic rings. The Morgan fingerprint density at radius 1 is 0.933 bits per heavy atom. The lowest BCUT2D eigenvalue weighted by atomic mass is 9.90. The van der Waals surface area contributed by atoms with E-state index in [1.807, 2.05) is 6.92 Å². The third kappa shape index (κ3) is 5.35. The van der Waals surface area contributed by atoms with Gasteiger partial charge in [0.2, 0.25) is 0 Å². The first-order chi connectivity index (χ1) is 14.5. The normalized spacial score (nSPS) is 19.1. The van der Waals surface area contributed by atoms with E-state index in [2.05, 4.69) is 6.92 Å². The second-order valence-electron chi connectivity index (χ2n) is 7.58. The second-order valence-corrected chi connectivity index (χ2v) is 7.58. The molecule has 1 aliphatic heterocycles. The summed E-state index contributed by atoms with van der Waals surface area (Å²) in [5.41, 5.74) is 0.158. The van der Waals surface area contributed by atoms with Gasteiger partial charge in [-0.25, -0.2) is 13.2 Å². The van der Waals surface area contributed by atoms with E-state index in [1.165, 1.54) is 24.3 Å². The Morgan fingerprint density at radius 2 is 1.73 bits per heavy atom. The molecule has 0 spiro atoms. The van der Waals surface area contributed by atoms with Crippen molar-refractivity contribution >= 4 is 0 Å². The summed E-state index contributed by atoms with van der Waals surface area (Å²) >= 11 is 0. The third-order valence-corrected chi connectivity index (χ3v) is 5.29. The van der Waals surface area contributed by atoms with Gasteiger partial charge in [0, 0.05) is 29.7 Å². The molecule has 0 radical (unpaired) electrons. The number of benzene rings is 2. The summed E-state index contributed by atoms with van der Waals surface area (Å²) < 4.78 is 60.9. The zero-order chi connectivity index (χ0) is 21.5. The molecule has 0 saturated carbocycles. The summed E-state index contributed by atoms with van der Waals surface area (Å²) in [6, 6.07) is 7.14. The maximum atomic E-state index is 14.8. The first kappa shape index (κ1) is 22.6. The molecule has 2 aromatic carbocycles. The van der Waals surface area contributed by atoms with Crippen LogP contribution in [-0.4, -0.2) is 26.1 Å². The molecule has 0 aliphatic carbocycles. The van der Waals surface area contributed by atoms with E-state index in [0.717, 1.165) is 19.3 Å². The topological polar surface area (TPSA) is 27.7 Å². The van der Waals surface area contributed by atoms with E-state index < -0.39 is 17.5 Å². The van der Waals surface area contributed by atoms with Gasteiger partial charge in [-0.15, -0.1) is 0 Å². The largest absolute Gasteiger partial charge is 0.494 e. The molecule has 3 rings (SSSR count). The first-order valence-electron chi connectivity index (χ1n) is 10.7. The number of ether oxygens (including phenoxy) is 3. The van der Waals surface area contributed by atoms with Gasteiger partial charge < -0.3 is 14.2 Å². The lowest BCUT2D eigenvalue weighted by Gasteiger charge is -2.29. The van der Waals surface area contributed by atoms with E-state index in [9.17, 15) is 13.2 Å². The molecule has 2 atom stereocenters. The van der Waals surface area contributed by atoms with Gasteiger partial charge in [0.15, 0.2) is 17.9 Å². The number of unbranched alkanes of at least 4 members (excludes halogenated alkanes) is 1. The zero-order valence-corrected chi connectivity index (χ0v) is 17.6. The summed E-state index contributed by atoms with van der Waals surface area (Å²) in [6.45, 7) is 5.40. The van der Waals surface area contributed by atoms with Gasteiger partial charge in [0.05, 0.1) is 13.2 Å². The maximum Gasteiger partial charge on any atom is 0.167 e. The van der Waals surface area contributed by atoms with Gasteiger partial charge in [0.1, 0.15) is 11.6 Å². The Labute approximate surface area is 176 Å². The van der Waals surface area contributed by atoms with Gasteiger partial charge >= 0.3 is 0 Å². The minimum absolute atomic E-state index is 0.00563. The van der Waals surface area contributed by atoms with Crippen LogP contribution in [0.3, 0.4) is 0 Å². The summed E-state index contributed by atoms with van der Waals surface area (Å²) in [5, 5.41) is 0. The molecule has 6 heteroatoms. The quantitative estimate of drug-likeness (QED) is 0.426. The van der Waals surface area contributed by atoms with Crippen molar-refractivity contribution in [2.45, 2.75) is 58.2 Å². The van der Waals surface area contributed by atoms with Crippen molar-refractivity contribution < 1.29 is 27.4 Å². The third-order valence-electron chi connectivity index (χ3n) is 5.29. The number of rotatable bonds is 9. The Hall–Kier alpha value is -2.05. The molecule has 2 unspecified atom stereocenters. The fourth-order valence-electron chi connectivity index (χ4n) is 3.57. The Bertz CT molecular complexity index is 833. The maximum absolute atomic E-state index is 14.8. The van der Waals surface area contributed by atoms with Crippen molar-refractivity contribution in [2.75, 3.05) is 19.8 Å². The molecule has 1 fully saturated rings. The lowest BCUT2D eigenvalue weighted by molar-refractivity contribution is -0.167. The van der Waals surface area contributed by atoms with Crippen molar-refractivity contribution in [3.05, 3.63) is 53.3 Å². The molecule has 0 aromatic heterocycles. The molecular formula is C24H29F3O3. The minimum Gasteiger partial charge on any atom is -0.494 e. The van der Waals surface area contributed by atoms with Gasteiger partial charge in [-0.05, 0) is 43.4 Å². The Balaban J connectivity index is 1.72. The average molecular weight is 422 g/mol. The van der Waals surface area contributed by atoms with Crippen LogP contribution in [0.1, 0.15) is 57.4 Å². The van der Waals surface area contributed by atoms with Crippen LogP contribution < -0.4 is 4.74 Å². The molecule has 1 heterocycles. The van der Waals surface area contributed by atoms with E-state index in [-0.39, 0.29) is 35.5 Å². The van der Waals surface area contributed by atoms with Crippen LogP contribution >= 0.6 is 0 Å². The molecule has 164 valence electrons. The van der Waals surface area contributed by atoms with Crippen LogP contribution in [0, 0.1) is 17.5 Å². The Kier molecular flexibility index (Phi) is 8.16. The molecule has 0 amide bonds. The summed E-state index contributed by atoms with van der Waals surface area (Å²) in [7, 11) is 0. The molecule has 0 N–H and O–H groups in total. The number of hydrogen-bond donors (Lipinski definition) is 0. The smallest absolute Gasteiger partial charge is 0.167 e. The molecule has 1 saturated heterocycles. The molecule has 0 bridgehead atoms. The van der Waals surface area contributed by atoms with Crippen molar-refractivity contribution in [3.8, 4) is 16.9 Å². The molecule has 2 aromatic rings. The van der Waals surface area contributed by atoms with Gasteiger partial charge in [-0.2, -0.15) is 0 Å². The van der Waals surface area contributed by atoms with Gasteiger partial charge in [-0.3, -0.25) is 0 Å². The highest BCUT2D eigenvalue weighted by Gasteiger charge is 2.27. The molecule has 3 nitrogen and oxygen atoms in total. The highest BCUT2D eigenvalue weighted by Crippen LogP contribution is 2.35. The van der Waals surface area contributed by atoms with Crippen molar-refractivity contribution in [2.24, 2.45) is 0 Å². The lowest BCUT2D eigenvalue weighted by Crippen LogP contribution is -2.28. The van der Waals surface area contributed by atoms with Gasteiger partial charge in [-0.1, -0.05) is 32.4 Å². The number of halogens is 3. The van der Waals surface area contributed by atoms with Crippen LogP contribution in [0.15, 0.2) is 30.3 Å². The fourth-order valence-corrected chi connectivity index (χ4v) is 3.57. The van der Waals surface area contributed by atoms with Crippen LogP contribution in [0.4, 0.5) is 13.2 Å². The number of hydrogen-bond acceptors (Lipinski definition) is 3. The van der Waals surface area contributed by atoms with Crippen molar-refractivity contribution in [3.63, 3.8) is 0 Å². The molecular weight excluding hydrogens is 393 g/mol. The standard InChI is InChI=1S/C24H29F3O3/c1-3-5-13-29-22-11-6-16(15-30-22)18-9-10-20(24(27)23(18)26)19-8-7-17(14-21(19)25)28-12-4-2/h7-10,14,16,22H,3-6,11-13,15H2,1-2H3. The first-order valence-corrected chi connectivity index (χ1v) is 10.7. The predicted octanol–water partition coefficient (Wildman–Crippen LogP) is 6.60. The zero-order valence-electron chi connectivity index (χ0n) is 17.6. The summed E-state index contributed by atoms with van der Waals surface area (Å²) in [6.07, 6.45) is 3.78. The summed E-state index contributed by atoms with van der Waals surface area (Å²) in [5.74, 6) is -2.53. The van der Waals surface area contributed by atoms with E-state index in [4.69, 9.17) is 14.2 Å². The molecule has 30 heavy (non-hydrogen) atoms. The van der Waals surface area contributed by atoms with Crippen LogP contribution in [0.25, 0.3) is 11.1 Å². The minimum atomic E-state index is -1.05. The SMILES string of the molecule is CCCCOC1CCC(c2ccc(-c3ccc(OCCC)cc3F)c(F)c2F)CO1. The van der Waals surface area contributed by atoms with E-state index in [0.29, 0.717) is 31.8 Å². The van der Waals surface area contributed by atoms with Crippen LogP contribution in [0.5, 0.6) is 5.75 Å². The predicted molar refractivity (Wildman–Crippen MR) is 110 cm³/mol. The van der Waals surface area contributed by atoms with Crippen molar-refractivity contribution in [1.29, 1.82) is 0 Å². The highest BCUT2D eigenvalue weighted by molar-refractivity contribution is 5.66. The fraction of sp³-hybridized carbons (Fsp3) is 0.500. The van der Waals surface area contributed by atoms with E-state index >= 15 is 0 Å². The Morgan fingerprint density at radius 3 is 2.40 bits per heavy atom.